The summed E-state index contributed by atoms with van der Waals surface area (Å²) in [5.41, 5.74) is 5.88. The maximum absolute atomic E-state index is 12.6. The van der Waals surface area contributed by atoms with Crippen LogP contribution in [0.1, 0.15) is 24.1 Å². The summed E-state index contributed by atoms with van der Waals surface area (Å²) in [5.74, 6) is -2.08. The monoisotopic (exact) mass is 296 g/mol. The average molecular weight is 296 g/mol. The molecule has 0 atom stereocenters. The number of hydrazone groups is 1. The van der Waals surface area contributed by atoms with E-state index in [0.717, 1.165) is 12.3 Å². The van der Waals surface area contributed by atoms with Crippen molar-refractivity contribution >= 4 is 11.7 Å². The summed E-state index contributed by atoms with van der Waals surface area (Å²) in [6.45, 7) is 0. The van der Waals surface area contributed by atoms with Gasteiger partial charge in [0.05, 0.1) is 0 Å². The Labute approximate surface area is 109 Å². The maximum atomic E-state index is 12.6. The molecule has 0 spiro atoms. The van der Waals surface area contributed by atoms with Crippen molar-refractivity contribution in [3.63, 3.8) is 0 Å². The molecule has 0 aliphatic heterocycles. The van der Waals surface area contributed by atoms with Crippen LogP contribution < -0.4 is 11.2 Å². The summed E-state index contributed by atoms with van der Waals surface area (Å²) >= 11 is 0. The summed E-state index contributed by atoms with van der Waals surface area (Å²) in [5, 5.41) is 3.12. The molecular formula is C10H9F5N4O. The Bertz CT molecular complexity index is 515. The first-order valence-electron chi connectivity index (χ1n) is 5.13. The van der Waals surface area contributed by atoms with Gasteiger partial charge in [-0.25, -0.2) is 14.2 Å². The minimum atomic E-state index is -4.70. The second kappa shape index (κ2) is 6.26. The van der Waals surface area contributed by atoms with Gasteiger partial charge in [-0.15, -0.1) is 0 Å². The Hall–Kier alpha value is -2.26. The number of nitrogens with one attached hydrogen (secondary N) is 1. The number of alkyl halides is 5. The first-order chi connectivity index (χ1) is 9.20. The highest BCUT2D eigenvalue weighted by Crippen LogP contribution is 2.21. The van der Waals surface area contributed by atoms with Gasteiger partial charge in [0, 0.05) is 11.8 Å². The molecule has 1 heterocycles. The van der Waals surface area contributed by atoms with E-state index >= 15 is 0 Å². The maximum Gasteiger partial charge on any atom is 0.397 e. The molecule has 0 fully saturated rings. The number of hydrogen-bond donors (Lipinski definition) is 2. The van der Waals surface area contributed by atoms with Crippen LogP contribution in [0.5, 0.6) is 0 Å². The van der Waals surface area contributed by atoms with Gasteiger partial charge in [-0.1, -0.05) is 0 Å². The van der Waals surface area contributed by atoms with Crippen LogP contribution in [0.4, 0.5) is 22.0 Å². The molecule has 1 aromatic rings. The zero-order valence-electron chi connectivity index (χ0n) is 9.79. The molecule has 0 unspecified atom stereocenters. The molecule has 0 saturated heterocycles. The van der Waals surface area contributed by atoms with Crippen LogP contribution >= 0.6 is 0 Å². The van der Waals surface area contributed by atoms with E-state index < -0.39 is 42.0 Å². The highest BCUT2D eigenvalue weighted by molar-refractivity contribution is 5.97. The normalized spacial score (nSPS) is 12.6. The second-order valence-corrected chi connectivity index (χ2v) is 3.57. The molecule has 3 N–H and O–H groups in total. The lowest BCUT2D eigenvalue weighted by atomic mass is 10.2. The van der Waals surface area contributed by atoms with Crippen LogP contribution in [-0.2, 0) is 4.79 Å². The van der Waals surface area contributed by atoms with E-state index in [0.29, 0.717) is 0 Å². The number of amidine groups is 1. The minimum Gasteiger partial charge on any atom is -0.380 e. The van der Waals surface area contributed by atoms with Crippen molar-refractivity contribution in [2.45, 2.75) is 19.0 Å². The van der Waals surface area contributed by atoms with Crippen LogP contribution in [0.25, 0.3) is 0 Å². The van der Waals surface area contributed by atoms with Crippen molar-refractivity contribution in [3.8, 4) is 0 Å². The molecule has 0 saturated carbocycles. The zero-order chi connectivity index (χ0) is 15.3. The molecule has 1 aromatic heterocycles. The van der Waals surface area contributed by atoms with E-state index in [1.54, 1.807) is 0 Å². The third-order valence-electron chi connectivity index (χ3n) is 1.98. The third-order valence-corrected chi connectivity index (χ3v) is 1.98. The highest BCUT2D eigenvalue weighted by Gasteiger charge is 2.31. The van der Waals surface area contributed by atoms with Crippen LogP contribution in [0.15, 0.2) is 23.4 Å². The van der Waals surface area contributed by atoms with Gasteiger partial charge in [0.15, 0.2) is 5.84 Å². The van der Waals surface area contributed by atoms with Crippen molar-refractivity contribution in [1.29, 1.82) is 0 Å². The summed E-state index contributed by atoms with van der Waals surface area (Å²) in [6, 6.07) is 2.27. The van der Waals surface area contributed by atoms with Gasteiger partial charge < -0.3 is 5.73 Å². The fourth-order valence-electron chi connectivity index (χ4n) is 1.20. The highest BCUT2D eigenvalue weighted by atomic mass is 19.4. The fourth-order valence-corrected chi connectivity index (χ4v) is 1.20. The minimum absolute atomic E-state index is 0.408. The second-order valence-electron chi connectivity index (χ2n) is 3.57. The smallest absolute Gasteiger partial charge is 0.380 e. The van der Waals surface area contributed by atoms with Crippen molar-refractivity contribution in [3.05, 3.63) is 29.6 Å². The molecule has 0 bridgehead atoms. The van der Waals surface area contributed by atoms with E-state index in [1.807, 2.05) is 0 Å². The summed E-state index contributed by atoms with van der Waals surface area (Å²) in [6.07, 6.45) is -8.19. The van der Waals surface area contributed by atoms with Gasteiger partial charge in [-0.3, -0.25) is 9.78 Å². The number of hydrogen-bond acceptors (Lipinski definition) is 3. The largest absolute Gasteiger partial charge is 0.397 e. The van der Waals surface area contributed by atoms with E-state index in [1.165, 1.54) is 11.5 Å². The molecule has 0 aliphatic rings. The number of nitrogens with zero attached hydrogens (tertiary/aromatic N) is 2. The van der Waals surface area contributed by atoms with Crippen LogP contribution in [0, 0.1) is 0 Å². The predicted molar refractivity (Wildman–Crippen MR) is 58.7 cm³/mol. The van der Waals surface area contributed by atoms with Gasteiger partial charge in [-0.2, -0.15) is 18.3 Å². The van der Waals surface area contributed by atoms with Crippen molar-refractivity contribution in [2.24, 2.45) is 10.8 Å². The molecule has 10 heteroatoms. The summed E-state index contributed by atoms with van der Waals surface area (Å²) in [7, 11) is 0. The number of carbonyl (C=O) groups excluding carboxylic acids is 1. The summed E-state index contributed by atoms with van der Waals surface area (Å²) < 4.78 is 60.9. The van der Waals surface area contributed by atoms with E-state index in [4.69, 9.17) is 5.73 Å². The third kappa shape index (κ3) is 4.78. The van der Waals surface area contributed by atoms with Crippen LogP contribution in [0.3, 0.4) is 0 Å². The number of pyridine rings is 1. The Morgan fingerprint density at radius 3 is 2.65 bits per heavy atom. The Kier molecular flexibility index (Phi) is 4.94. The van der Waals surface area contributed by atoms with Crippen LogP contribution in [-0.4, -0.2) is 22.9 Å². The Morgan fingerprint density at radius 2 is 2.10 bits per heavy atom. The van der Waals surface area contributed by atoms with Gasteiger partial charge in [-0.05, 0) is 12.1 Å². The molecular weight excluding hydrogens is 287 g/mol. The molecule has 0 radical (unpaired) electrons. The molecule has 20 heavy (non-hydrogen) atoms. The van der Waals surface area contributed by atoms with Crippen molar-refractivity contribution in [1.82, 2.24) is 10.4 Å². The quantitative estimate of drug-likeness (QED) is 0.384. The number of nitrogens with two attached hydrogens (primary N) is 1. The number of aromatic nitrogens is 1. The summed E-state index contributed by atoms with van der Waals surface area (Å²) in [4.78, 5) is 14.4. The number of amides is 1. The molecule has 110 valence electrons. The molecule has 0 aromatic carbocycles. The SMILES string of the molecule is N/C(=N\NC(=O)CC(F)(F)F)c1ncccc1C(F)F. The lowest BCUT2D eigenvalue weighted by molar-refractivity contribution is -0.153. The van der Waals surface area contributed by atoms with Crippen molar-refractivity contribution < 1.29 is 26.7 Å². The molecule has 5 nitrogen and oxygen atoms in total. The van der Waals surface area contributed by atoms with E-state index in [9.17, 15) is 26.7 Å². The van der Waals surface area contributed by atoms with Gasteiger partial charge in [0.25, 0.3) is 6.43 Å². The van der Waals surface area contributed by atoms with Gasteiger partial charge in [0.2, 0.25) is 5.91 Å². The fraction of sp³-hybridized carbons (Fsp3) is 0.300. The van der Waals surface area contributed by atoms with Crippen molar-refractivity contribution in [2.75, 3.05) is 0 Å². The average Bonchev–Trinajstić information content (AvgIpc) is 2.33. The number of halogens is 5. The molecule has 1 rings (SSSR count). The zero-order valence-corrected chi connectivity index (χ0v) is 9.79. The van der Waals surface area contributed by atoms with Gasteiger partial charge >= 0.3 is 6.18 Å². The number of rotatable bonds is 4. The first-order valence-corrected chi connectivity index (χ1v) is 5.13. The topological polar surface area (TPSA) is 80.4 Å². The number of carbonyl (C=O) groups is 1. The lowest BCUT2D eigenvalue weighted by Crippen LogP contribution is -2.28. The first kappa shape index (κ1) is 15.8. The van der Waals surface area contributed by atoms with Crippen LogP contribution in [0.2, 0.25) is 0 Å². The van der Waals surface area contributed by atoms with Gasteiger partial charge in [0.1, 0.15) is 12.1 Å². The Morgan fingerprint density at radius 1 is 1.45 bits per heavy atom. The standard InChI is InChI=1S/C10H9F5N4O/c11-8(12)5-2-1-3-17-7(5)9(16)19-18-6(20)4-10(13,14)15/h1-3,8H,4H2,(H2,16,19)(H,18,20). The Balaban J connectivity index is 2.83. The van der Waals surface area contributed by atoms with E-state index in [2.05, 4.69) is 10.1 Å². The predicted octanol–water partition coefficient (Wildman–Crippen LogP) is 1.71. The molecule has 1 amide bonds. The molecule has 0 aliphatic carbocycles. The lowest BCUT2D eigenvalue weighted by Gasteiger charge is -2.07. The van der Waals surface area contributed by atoms with E-state index in [-0.39, 0.29) is 0 Å².